The van der Waals surface area contributed by atoms with Crippen LogP contribution in [0.1, 0.15) is 30.4 Å². The van der Waals surface area contributed by atoms with Gasteiger partial charge in [-0.3, -0.25) is 14.6 Å². The summed E-state index contributed by atoms with van der Waals surface area (Å²) in [6.07, 6.45) is -14.2. The molecule has 0 aromatic heterocycles. The molecule has 1 N–H and O–H groups in total. The number of aliphatic carboxylic acids is 1. The number of aryl methyl sites for hydroxylation is 1. The Balaban J connectivity index is 1.30. The number of piperidine rings is 1. The SMILES string of the molecule is Cc1ccc(CN2CCN(C(=O)OC(C(F)(F)F)C(F)(F)F)CC2)c(N2CCC(C3CCN(CC(=O)O)C3)CC2)c1. The van der Waals surface area contributed by atoms with Crippen LogP contribution in [0.15, 0.2) is 18.2 Å². The molecule has 1 aromatic carbocycles. The largest absolute Gasteiger partial charge is 0.480 e. The van der Waals surface area contributed by atoms with Crippen LogP contribution < -0.4 is 4.90 Å². The molecule has 0 radical (unpaired) electrons. The molecule has 1 atom stereocenters. The molecule has 3 aliphatic rings. The Labute approximate surface area is 234 Å². The maximum atomic E-state index is 12.8. The highest BCUT2D eigenvalue weighted by Crippen LogP contribution is 2.37. The van der Waals surface area contributed by atoms with E-state index < -0.39 is 30.5 Å². The van der Waals surface area contributed by atoms with Gasteiger partial charge in [-0.15, -0.1) is 0 Å². The zero-order valence-electron chi connectivity index (χ0n) is 22.9. The fourth-order valence-corrected chi connectivity index (χ4v) is 6.12. The Hall–Kier alpha value is -2.74. The second-order valence-electron chi connectivity index (χ2n) is 11.2. The van der Waals surface area contributed by atoms with Crippen LogP contribution in [0.5, 0.6) is 0 Å². The molecule has 0 aliphatic carbocycles. The van der Waals surface area contributed by atoms with E-state index in [1.165, 1.54) is 0 Å². The van der Waals surface area contributed by atoms with Crippen LogP contribution in [0.4, 0.5) is 36.8 Å². The molecule has 1 amide bonds. The van der Waals surface area contributed by atoms with Crippen LogP contribution in [0.3, 0.4) is 0 Å². The second kappa shape index (κ2) is 12.6. The summed E-state index contributed by atoms with van der Waals surface area (Å²) in [5.74, 6) is 0.241. The van der Waals surface area contributed by atoms with Crippen LogP contribution in [0, 0.1) is 18.8 Å². The average Bonchev–Trinajstić information content (AvgIpc) is 3.35. The molecule has 3 saturated heterocycles. The molecule has 0 saturated carbocycles. The Morgan fingerprint density at radius 1 is 0.902 bits per heavy atom. The van der Waals surface area contributed by atoms with Crippen LogP contribution in [-0.2, 0) is 16.1 Å². The minimum absolute atomic E-state index is 0.0475. The first-order valence-corrected chi connectivity index (χ1v) is 13.8. The molecule has 1 unspecified atom stereocenters. The highest BCUT2D eigenvalue weighted by molar-refractivity contribution is 5.69. The van der Waals surface area contributed by atoms with Gasteiger partial charge in [0.05, 0.1) is 6.54 Å². The molecule has 0 bridgehead atoms. The van der Waals surface area contributed by atoms with Crippen LogP contribution in [0.25, 0.3) is 0 Å². The molecule has 0 spiro atoms. The number of amides is 1. The number of likely N-dealkylation sites (tertiary alicyclic amines) is 1. The Morgan fingerprint density at radius 3 is 2.10 bits per heavy atom. The van der Waals surface area contributed by atoms with Crippen molar-refractivity contribution in [2.24, 2.45) is 11.8 Å². The van der Waals surface area contributed by atoms with Crippen molar-refractivity contribution in [1.29, 1.82) is 0 Å². The average molecular weight is 595 g/mol. The monoisotopic (exact) mass is 594 g/mol. The van der Waals surface area contributed by atoms with Crippen molar-refractivity contribution in [3.8, 4) is 0 Å². The normalized spacial score (nSPS) is 22.0. The minimum atomic E-state index is -5.75. The van der Waals surface area contributed by atoms with E-state index in [2.05, 4.69) is 15.7 Å². The number of ether oxygens (including phenoxy) is 1. The van der Waals surface area contributed by atoms with Gasteiger partial charge in [0.2, 0.25) is 0 Å². The van der Waals surface area contributed by atoms with Crippen molar-refractivity contribution < 1.29 is 45.8 Å². The third kappa shape index (κ3) is 8.18. The van der Waals surface area contributed by atoms with Crippen LogP contribution in [-0.4, -0.2) is 109 Å². The molecule has 8 nitrogen and oxygen atoms in total. The van der Waals surface area contributed by atoms with E-state index >= 15 is 0 Å². The van der Waals surface area contributed by atoms with Gasteiger partial charge in [-0.05, 0) is 61.8 Å². The maximum absolute atomic E-state index is 12.8. The summed E-state index contributed by atoms with van der Waals surface area (Å²) in [7, 11) is 0. The smallest absolute Gasteiger partial charge is 0.434 e. The lowest BCUT2D eigenvalue weighted by Gasteiger charge is -2.39. The van der Waals surface area contributed by atoms with Crippen molar-refractivity contribution in [3.05, 3.63) is 29.3 Å². The van der Waals surface area contributed by atoms with Gasteiger partial charge in [0.25, 0.3) is 6.10 Å². The van der Waals surface area contributed by atoms with Crippen molar-refractivity contribution >= 4 is 17.7 Å². The zero-order chi connectivity index (χ0) is 29.9. The van der Waals surface area contributed by atoms with Crippen molar-refractivity contribution in [1.82, 2.24) is 14.7 Å². The summed E-state index contributed by atoms with van der Waals surface area (Å²) in [6.45, 7) is 6.46. The quantitative estimate of drug-likeness (QED) is 0.470. The third-order valence-corrected chi connectivity index (χ3v) is 8.29. The predicted octanol–water partition coefficient (Wildman–Crippen LogP) is 4.37. The summed E-state index contributed by atoms with van der Waals surface area (Å²) < 4.78 is 80.5. The topological polar surface area (TPSA) is 76.6 Å². The van der Waals surface area contributed by atoms with E-state index in [-0.39, 0.29) is 32.7 Å². The number of anilines is 1. The predicted molar refractivity (Wildman–Crippen MR) is 138 cm³/mol. The fourth-order valence-electron chi connectivity index (χ4n) is 6.12. The summed E-state index contributed by atoms with van der Waals surface area (Å²) >= 11 is 0. The molecule has 41 heavy (non-hydrogen) atoms. The van der Waals surface area contributed by atoms with E-state index in [1.54, 1.807) is 0 Å². The summed E-state index contributed by atoms with van der Waals surface area (Å²) in [5, 5.41) is 9.07. The molecule has 1 aromatic rings. The van der Waals surface area contributed by atoms with Gasteiger partial charge >= 0.3 is 24.4 Å². The maximum Gasteiger partial charge on any atom is 0.434 e. The number of carbonyl (C=O) groups is 2. The van der Waals surface area contributed by atoms with Crippen LogP contribution in [0.2, 0.25) is 0 Å². The third-order valence-electron chi connectivity index (χ3n) is 8.29. The van der Waals surface area contributed by atoms with Gasteiger partial charge in [-0.1, -0.05) is 12.1 Å². The lowest BCUT2D eigenvalue weighted by molar-refractivity contribution is -0.308. The molecular formula is C27H36F6N4O4. The number of rotatable bonds is 7. The Kier molecular flexibility index (Phi) is 9.62. The summed E-state index contributed by atoms with van der Waals surface area (Å²) in [4.78, 5) is 30.4. The van der Waals surface area contributed by atoms with E-state index in [0.717, 1.165) is 67.2 Å². The lowest BCUT2D eigenvalue weighted by Crippen LogP contribution is -2.52. The number of hydrogen-bond acceptors (Lipinski definition) is 6. The Bertz CT molecular complexity index is 1050. The standard InChI is InChI=1S/C27H36F6N4O4/c1-18-2-3-21(16-34-10-12-37(13-11-34)25(40)41-24(26(28,29)30)27(31,32)33)22(14-18)36-8-5-19(6-9-36)20-4-7-35(15-20)17-23(38)39/h2-3,14,19-20,24H,4-13,15-17H2,1H3,(H,38,39). The molecule has 4 rings (SSSR count). The zero-order valence-corrected chi connectivity index (χ0v) is 22.9. The number of benzene rings is 1. The Morgan fingerprint density at radius 2 is 1.51 bits per heavy atom. The molecule has 3 fully saturated rings. The molecule has 3 heterocycles. The van der Waals surface area contributed by atoms with Crippen molar-refractivity contribution in [3.63, 3.8) is 0 Å². The first-order valence-electron chi connectivity index (χ1n) is 13.8. The molecular weight excluding hydrogens is 558 g/mol. The van der Waals surface area contributed by atoms with E-state index in [9.17, 15) is 35.9 Å². The van der Waals surface area contributed by atoms with Gasteiger partial charge in [0, 0.05) is 58.0 Å². The van der Waals surface area contributed by atoms with Gasteiger partial charge in [0.15, 0.2) is 0 Å². The van der Waals surface area contributed by atoms with Crippen molar-refractivity contribution in [2.45, 2.75) is 51.2 Å². The van der Waals surface area contributed by atoms with Gasteiger partial charge < -0.3 is 19.6 Å². The highest BCUT2D eigenvalue weighted by atomic mass is 19.4. The molecule has 230 valence electrons. The first kappa shape index (κ1) is 31.2. The number of carboxylic acid groups (broad SMARTS) is 1. The van der Waals surface area contributed by atoms with Gasteiger partial charge in [0.1, 0.15) is 0 Å². The van der Waals surface area contributed by atoms with E-state index in [0.29, 0.717) is 18.4 Å². The first-order chi connectivity index (χ1) is 19.2. The molecule has 3 aliphatic heterocycles. The number of carbonyl (C=O) groups excluding carboxylic acids is 1. The summed E-state index contributed by atoms with van der Waals surface area (Å²) in [5.41, 5.74) is 3.26. The van der Waals surface area contributed by atoms with E-state index in [1.807, 2.05) is 28.9 Å². The number of halogens is 6. The number of alkyl halides is 6. The van der Waals surface area contributed by atoms with Gasteiger partial charge in [-0.2, -0.15) is 26.3 Å². The highest BCUT2D eigenvalue weighted by Gasteiger charge is 2.60. The minimum Gasteiger partial charge on any atom is -0.480 e. The van der Waals surface area contributed by atoms with Gasteiger partial charge in [-0.25, -0.2) is 4.79 Å². The van der Waals surface area contributed by atoms with E-state index in [4.69, 9.17) is 5.11 Å². The second-order valence-corrected chi connectivity index (χ2v) is 11.2. The number of hydrogen-bond donors (Lipinski definition) is 1. The lowest BCUT2D eigenvalue weighted by atomic mass is 9.83. The number of piperazine rings is 1. The fraction of sp³-hybridized carbons (Fsp3) is 0.704. The van der Waals surface area contributed by atoms with Crippen LogP contribution >= 0.6 is 0 Å². The number of nitrogens with zero attached hydrogens (tertiary/aromatic N) is 4. The summed E-state index contributed by atoms with van der Waals surface area (Å²) in [6, 6.07) is 6.17. The van der Waals surface area contributed by atoms with Crippen molar-refractivity contribution in [2.75, 3.05) is 63.8 Å². The molecule has 14 heteroatoms. The number of carboxylic acids is 1.